The fourth-order valence-corrected chi connectivity index (χ4v) is 2.52. The number of hydrogen-bond acceptors (Lipinski definition) is 4. The summed E-state index contributed by atoms with van der Waals surface area (Å²) < 4.78 is 4.83. The predicted octanol–water partition coefficient (Wildman–Crippen LogP) is 1.78. The molecule has 98 valence electrons. The van der Waals surface area contributed by atoms with Crippen LogP contribution in [0, 0.1) is 12.8 Å². The van der Waals surface area contributed by atoms with E-state index in [0.29, 0.717) is 0 Å². The Morgan fingerprint density at radius 1 is 1.56 bits per heavy atom. The summed E-state index contributed by atoms with van der Waals surface area (Å²) in [6, 6.07) is 2.15. The van der Waals surface area contributed by atoms with Gasteiger partial charge in [0.15, 0.2) is 0 Å². The molecule has 2 rings (SSSR count). The number of carbonyl (C=O) groups is 1. The quantitative estimate of drug-likeness (QED) is 0.765. The van der Waals surface area contributed by atoms with Crippen molar-refractivity contribution in [2.24, 2.45) is 5.92 Å². The van der Waals surface area contributed by atoms with Crippen LogP contribution in [-0.4, -0.2) is 36.1 Å². The smallest absolute Gasteiger partial charge is 0.309 e. The highest BCUT2D eigenvalue weighted by atomic mass is 16.5. The molecule has 4 heteroatoms. The van der Waals surface area contributed by atoms with Crippen molar-refractivity contribution in [1.29, 1.82) is 0 Å². The molecule has 18 heavy (non-hydrogen) atoms. The fraction of sp³-hybridized carbons (Fsp3) is 0.571. The highest BCUT2D eigenvalue weighted by Gasteiger charge is 2.26. The first-order valence-electron chi connectivity index (χ1n) is 6.40. The van der Waals surface area contributed by atoms with Crippen molar-refractivity contribution >= 4 is 5.97 Å². The summed E-state index contributed by atoms with van der Waals surface area (Å²) in [4.78, 5) is 18.1. The second-order valence-corrected chi connectivity index (χ2v) is 4.97. The summed E-state index contributed by atoms with van der Waals surface area (Å²) in [5, 5.41) is 0. The lowest BCUT2D eigenvalue weighted by Crippen LogP contribution is -2.38. The van der Waals surface area contributed by atoms with Crippen LogP contribution in [0.25, 0.3) is 0 Å². The Balaban J connectivity index is 1.95. The van der Waals surface area contributed by atoms with Crippen LogP contribution in [0.4, 0.5) is 0 Å². The number of methoxy groups -OCH3 is 1. The van der Waals surface area contributed by atoms with Gasteiger partial charge in [0.05, 0.1) is 13.0 Å². The first-order chi connectivity index (χ1) is 8.69. The maximum atomic E-state index is 11.6. The third kappa shape index (κ3) is 3.29. The summed E-state index contributed by atoms with van der Waals surface area (Å²) in [6.45, 7) is 4.74. The molecule has 1 fully saturated rings. The normalized spacial score (nSPS) is 20.7. The number of ether oxygens (including phenoxy) is 1. The molecular weight excluding hydrogens is 228 g/mol. The number of aromatic nitrogens is 1. The highest BCUT2D eigenvalue weighted by molar-refractivity contribution is 5.72. The van der Waals surface area contributed by atoms with E-state index in [4.69, 9.17) is 4.74 Å². The van der Waals surface area contributed by atoms with E-state index in [-0.39, 0.29) is 11.9 Å². The highest BCUT2D eigenvalue weighted by Crippen LogP contribution is 2.19. The zero-order valence-electron chi connectivity index (χ0n) is 11.1. The zero-order chi connectivity index (χ0) is 13.0. The Bertz CT molecular complexity index is 420. The molecule has 0 bridgehead atoms. The van der Waals surface area contributed by atoms with Gasteiger partial charge >= 0.3 is 5.97 Å². The summed E-state index contributed by atoms with van der Waals surface area (Å²) in [6.07, 6.45) is 5.75. The number of aryl methyl sites for hydroxylation is 1. The molecule has 0 unspecified atom stereocenters. The van der Waals surface area contributed by atoms with E-state index < -0.39 is 0 Å². The van der Waals surface area contributed by atoms with Crippen LogP contribution in [0.15, 0.2) is 18.5 Å². The monoisotopic (exact) mass is 248 g/mol. The first kappa shape index (κ1) is 13.0. The van der Waals surface area contributed by atoms with Gasteiger partial charge in [-0.1, -0.05) is 6.07 Å². The molecule has 2 heterocycles. The van der Waals surface area contributed by atoms with Gasteiger partial charge in [-0.25, -0.2) is 0 Å². The van der Waals surface area contributed by atoms with Gasteiger partial charge in [0, 0.05) is 25.5 Å². The van der Waals surface area contributed by atoms with Gasteiger partial charge < -0.3 is 4.74 Å². The van der Waals surface area contributed by atoms with E-state index in [1.165, 1.54) is 18.2 Å². The third-order valence-electron chi connectivity index (χ3n) is 3.38. The van der Waals surface area contributed by atoms with Crippen molar-refractivity contribution in [3.05, 3.63) is 29.6 Å². The average molecular weight is 248 g/mol. The molecule has 1 atom stereocenters. The lowest BCUT2D eigenvalue weighted by atomic mass is 9.98. The molecule has 1 aromatic rings. The largest absolute Gasteiger partial charge is 0.469 e. The van der Waals surface area contributed by atoms with E-state index in [1.807, 2.05) is 19.3 Å². The van der Waals surface area contributed by atoms with Crippen LogP contribution < -0.4 is 0 Å². The van der Waals surface area contributed by atoms with E-state index in [0.717, 1.165) is 32.5 Å². The minimum absolute atomic E-state index is 0.0292. The van der Waals surface area contributed by atoms with Gasteiger partial charge in [0.2, 0.25) is 0 Å². The van der Waals surface area contributed by atoms with Crippen molar-refractivity contribution in [2.45, 2.75) is 26.3 Å². The van der Waals surface area contributed by atoms with Gasteiger partial charge in [0.1, 0.15) is 0 Å². The molecule has 1 aromatic heterocycles. The Hall–Kier alpha value is -1.42. The van der Waals surface area contributed by atoms with Gasteiger partial charge in [-0.2, -0.15) is 0 Å². The maximum Gasteiger partial charge on any atom is 0.309 e. The Morgan fingerprint density at radius 3 is 3.11 bits per heavy atom. The molecule has 0 spiro atoms. The molecule has 0 N–H and O–H groups in total. The number of rotatable bonds is 3. The van der Waals surface area contributed by atoms with E-state index in [1.54, 1.807) is 0 Å². The van der Waals surface area contributed by atoms with Gasteiger partial charge in [-0.05, 0) is 37.4 Å². The van der Waals surface area contributed by atoms with E-state index in [2.05, 4.69) is 16.0 Å². The minimum atomic E-state index is -0.0814. The number of likely N-dealkylation sites (tertiary alicyclic amines) is 1. The molecule has 1 saturated heterocycles. The Kier molecular flexibility index (Phi) is 4.31. The molecule has 0 saturated carbocycles. The molecular formula is C14H20N2O2. The van der Waals surface area contributed by atoms with Crippen molar-refractivity contribution in [3.8, 4) is 0 Å². The Morgan fingerprint density at radius 2 is 2.39 bits per heavy atom. The van der Waals surface area contributed by atoms with Crippen LogP contribution in [0.5, 0.6) is 0 Å². The lowest BCUT2D eigenvalue weighted by Gasteiger charge is -2.31. The lowest BCUT2D eigenvalue weighted by molar-refractivity contribution is -0.147. The van der Waals surface area contributed by atoms with Crippen LogP contribution in [-0.2, 0) is 16.1 Å². The predicted molar refractivity (Wildman–Crippen MR) is 69.0 cm³/mol. The number of nitrogens with zero attached hydrogens (tertiary/aromatic N) is 2. The van der Waals surface area contributed by atoms with Gasteiger partial charge in [-0.15, -0.1) is 0 Å². The van der Waals surface area contributed by atoms with E-state index in [9.17, 15) is 4.79 Å². The average Bonchev–Trinajstić information content (AvgIpc) is 2.38. The number of hydrogen-bond donors (Lipinski definition) is 0. The summed E-state index contributed by atoms with van der Waals surface area (Å²) in [5.41, 5.74) is 2.38. The molecule has 0 aliphatic carbocycles. The second-order valence-electron chi connectivity index (χ2n) is 4.97. The molecule has 0 amide bonds. The molecule has 1 aliphatic heterocycles. The number of pyridine rings is 1. The fourth-order valence-electron chi connectivity index (χ4n) is 2.52. The van der Waals surface area contributed by atoms with Crippen molar-refractivity contribution in [3.63, 3.8) is 0 Å². The van der Waals surface area contributed by atoms with Crippen LogP contribution in [0.3, 0.4) is 0 Å². The van der Waals surface area contributed by atoms with Crippen LogP contribution in [0.2, 0.25) is 0 Å². The molecule has 0 radical (unpaired) electrons. The first-order valence-corrected chi connectivity index (χ1v) is 6.40. The van der Waals surface area contributed by atoms with Crippen molar-refractivity contribution in [2.75, 3.05) is 20.2 Å². The van der Waals surface area contributed by atoms with Gasteiger partial charge in [-0.3, -0.25) is 14.7 Å². The van der Waals surface area contributed by atoms with Gasteiger partial charge in [0.25, 0.3) is 0 Å². The van der Waals surface area contributed by atoms with Crippen molar-refractivity contribution in [1.82, 2.24) is 9.88 Å². The Labute approximate surface area is 108 Å². The second kappa shape index (κ2) is 5.96. The standard InChI is InChI=1S/C14H20N2O2/c1-11-6-12(8-15-7-11)9-16-5-3-4-13(10-16)14(17)18-2/h6-8,13H,3-5,9-10H2,1-2H3/t13-/m0/s1. The van der Waals surface area contributed by atoms with Crippen LogP contribution in [0.1, 0.15) is 24.0 Å². The number of esters is 1. The molecule has 1 aliphatic rings. The number of carbonyl (C=O) groups excluding carboxylic acids is 1. The summed E-state index contributed by atoms with van der Waals surface area (Å²) in [7, 11) is 1.46. The zero-order valence-corrected chi connectivity index (χ0v) is 11.1. The number of piperidine rings is 1. The molecule has 0 aromatic carbocycles. The minimum Gasteiger partial charge on any atom is -0.469 e. The van der Waals surface area contributed by atoms with E-state index >= 15 is 0 Å². The summed E-state index contributed by atoms with van der Waals surface area (Å²) in [5.74, 6) is -0.0522. The maximum absolute atomic E-state index is 11.6. The van der Waals surface area contributed by atoms with Crippen molar-refractivity contribution < 1.29 is 9.53 Å². The topological polar surface area (TPSA) is 42.4 Å². The summed E-state index contributed by atoms with van der Waals surface area (Å²) >= 11 is 0. The molecule has 4 nitrogen and oxygen atoms in total. The third-order valence-corrected chi connectivity index (χ3v) is 3.38. The van der Waals surface area contributed by atoms with Crippen LogP contribution >= 0.6 is 0 Å². The SMILES string of the molecule is COC(=O)[C@H]1CCCN(Cc2cncc(C)c2)C1.